The lowest BCUT2D eigenvalue weighted by Crippen LogP contribution is -2.51. The van der Waals surface area contributed by atoms with Crippen LogP contribution in [0.2, 0.25) is 0 Å². The lowest BCUT2D eigenvalue weighted by Gasteiger charge is -2.34. The first kappa shape index (κ1) is 20.3. The molecule has 1 fully saturated rings. The molecule has 0 bridgehead atoms. The number of ether oxygens (including phenoxy) is 2. The van der Waals surface area contributed by atoms with E-state index in [4.69, 9.17) is 9.47 Å². The number of nitrogens with zero attached hydrogens (tertiary/aromatic N) is 2. The van der Waals surface area contributed by atoms with E-state index in [0.29, 0.717) is 25.4 Å². The van der Waals surface area contributed by atoms with E-state index in [9.17, 15) is 9.59 Å². The summed E-state index contributed by atoms with van der Waals surface area (Å²) >= 11 is 0. The van der Waals surface area contributed by atoms with Crippen molar-refractivity contribution in [2.75, 3.05) is 47.4 Å². The predicted molar refractivity (Wildman–Crippen MR) is 106 cm³/mol. The third-order valence-electron chi connectivity index (χ3n) is 5.57. The third kappa shape index (κ3) is 4.67. The molecule has 1 aromatic rings. The van der Waals surface area contributed by atoms with Gasteiger partial charge in [0.2, 0.25) is 5.91 Å². The fraction of sp³-hybridized carbons (Fsp3) is 0.600. The van der Waals surface area contributed by atoms with Gasteiger partial charge in [-0.3, -0.25) is 9.69 Å². The molecule has 3 rings (SSSR count). The Hall–Kier alpha value is -2.48. The number of hydrogen-bond acceptors (Lipinski definition) is 5. The topological polar surface area (TPSA) is 83.1 Å². The van der Waals surface area contributed by atoms with Gasteiger partial charge in [0, 0.05) is 39.3 Å². The minimum atomic E-state index is -0.0230. The van der Waals surface area contributed by atoms with E-state index in [-0.39, 0.29) is 18.0 Å². The van der Waals surface area contributed by atoms with Gasteiger partial charge in [0.15, 0.2) is 11.5 Å². The van der Waals surface area contributed by atoms with Crippen molar-refractivity contribution in [3.63, 3.8) is 0 Å². The van der Waals surface area contributed by atoms with Gasteiger partial charge in [0.05, 0.1) is 20.8 Å². The third-order valence-corrected chi connectivity index (χ3v) is 5.57. The quantitative estimate of drug-likeness (QED) is 0.783. The molecule has 1 aromatic carbocycles. The van der Waals surface area contributed by atoms with Gasteiger partial charge in [-0.15, -0.1) is 0 Å². The molecule has 0 radical (unpaired) electrons. The van der Waals surface area contributed by atoms with E-state index in [1.54, 1.807) is 21.3 Å². The minimum absolute atomic E-state index is 0.0230. The van der Waals surface area contributed by atoms with Crippen LogP contribution in [0.3, 0.4) is 0 Å². The number of carbonyl (C=O) groups is 2. The van der Waals surface area contributed by atoms with Crippen molar-refractivity contribution in [3.05, 3.63) is 23.3 Å². The average Bonchev–Trinajstić information content (AvgIpc) is 2.73. The molecule has 28 heavy (non-hydrogen) atoms. The second-order valence-electron chi connectivity index (χ2n) is 7.32. The standard InChI is InChI=1S/C20H30N4O4/c1-21-19(25)13-23-7-5-16(6-8-23)22-20(26)24-9-4-14-10-17(27-2)18(28-3)11-15(14)12-24/h10-11,16H,4-9,12-13H2,1-3H3,(H,21,25)(H,22,26). The molecule has 8 nitrogen and oxygen atoms in total. The molecule has 8 heteroatoms. The van der Waals surface area contributed by atoms with Crippen LogP contribution in [0.1, 0.15) is 24.0 Å². The first-order valence-electron chi connectivity index (χ1n) is 9.76. The number of hydrogen-bond donors (Lipinski definition) is 2. The summed E-state index contributed by atoms with van der Waals surface area (Å²) < 4.78 is 10.8. The van der Waals surface area contributed by atoms with Gasteiger partial charge >= 0.3 is 6.03 Å². The highest BCUT2D eigenvalue weighted by Gasteiger charge is 2.26. The summed E-state index contributed by atoms with van der Waals surface area (Å²) in [6.45, 7) is 3.31. The zero-order chi connectivity index (χ0) is 20.1. The molecule has 1 saturated heterocycles. The molecule has 2 heterocycles. The Balaban J connectivity index is 1.53. The average molecular weight is 390 g/mol. The maximum atomic E-state index is 12.7. The van der Waals surface area contributed by atoms with E-state index in [0.717, 1.165) is 43.7 Å². The van der Waals surface area contributed by atoms with Crippen LogP contribution in [0.5, 0.6) is 11.5 Å². The molecule has 154 valence electrons. The molecule has 0 spiro atoms. The number of benzene rings is 1. The molecular weight excluding hydrogens is 360 g/mol. The molecular formula is C20H30N4O4. The van der Waals surface area contributed by atoms with Crippen LogP contribution < -0.4 is 20.1 Å². The van der Waals surface area contributed by atoms with Gasteiger partial charge in [-0.05, 0) is 42.5 Å². The highest BCUT2D eigenvalue weighted by Crippen LogP contribution is 2.33. The SMILES string of the molecule is CNC(=O)CN1CCC(NC(=O)N2CCc3cc(OC)c(OC)cc3C2)CC1. The van der Waals surface area contributed by atoms with Gasteiger partial charge in [-0.2, -0.15) is 0 Å². The van der Waals surface area contributed by atoms with Gasteiger partial charge < -0.3 is 25.0 Å². The van der Waals surface area contributed by atoms with E-state index in [1.807, 2.05) is 17.0 Å². The van der Waals surface area contributed by atoms with Gasteiger partial charge in [0.1, 0.15) is 0 Å². The second-order valence-corrected chi connectivity index (χ2v) is 7.32. The zero-order valence-corrected chi connectivity index (χ0v) is 16.9. The molecule has 0 saturated carbocycles. The van der Waals surface area contributed by atoms with Crippen molar-refractivity contribution in [1.82, 2.24) is 20.4 Å². The van der Waals surface area contributed by atoms with Crippen LogP contribution >= 0.6 is 0 Å². The number of nitrogens with one attached hydrogen (secondary N) is 2. The first-order chi connectivity index (χ1) is 13.5. The molecule has 0 aromatic heterocycles. The summed E-state index contributed by atoms with van der Waals surface area (Å²) in [6, 6.07) is 4.10. The van der Waals surface area contributed by atoms with Crippen LogP contribution in [-0.2, 0) is 17.8 Å². The molecule has 2 aliphatic rings. The van der Waals surface area contributed by atoms with Crippen molar-refractivity contribution in [2.24, 2.45) is 0 Å². The number of methoxy groups -OCH3 is 2. The number of urea groups is 1. The first-order valence-corrected chi connectivity index (χ1v) is 9.76. The number of piperidine rings is 1. The number of likely N-dealkylation sites (N-methyl/N-ethyl adjacent to an activating group) is 1. The smallest absolute Gasteiger partial charge is 0.317 e. The summed E-state index contributed by atoms with van der Waals surface area (Å²) in [7, 11) is 4.90. The lowest BCUT2D eigenvalue weighted by molar-refractivity contribution is -0.122. The van der Waals surface area contributed by atoms with Crippen LogP contribution in [-0.4, -0.2) is 75.2 Å². The van der Waals surface area contributed by atoms with E-state index in [2.05, 4.69) is 15.5 Å². The molecule has 0 atom stereocenters. The number of amides is 3. The van der Waals surface area contributed by atoms with Gasteiger partial charge in [-0.1, -0.05) is 0 Å². The molecule has 0 aliphatic carbocycles. The number of carbonyl (C=O) groups excluding carboxylic acids is 2. The maximum absolute atomic E-state index is 12.7. The maximum Gasteiger partial charge on any atom is 0.317 e. The fourth-order valence-electron chi connectivity index (χ4n) is 3.84. The summed E-state index contributed by atoms with van der Waals surface area (Å²) in [6.07, 6.45) is 2.52. The van der Waals surface area contributed by atoms with Crippen molar-refractivity contribution in [2.45, 2.75) is 31.8 Å². The lowest BCUT2D eigenvalue weighted by atomic mass is 9.99. The molecule has 3 amide bonds. The molecule has 2 N–H and O–H groups in total. The second kappa shape index (κ2) is 9.14. The highest BCUT2D eigenvalue weighted by molar-refractivity contribution is 5.77. The molecule has 2 aliphatic heterocycles. The summed E-state index contributed by atoms with van der Waals surface area (Å²) in [4.78, 5) is 28.2. The monoisotopic (exact) mass is 390 g/mol. The Labute approximate surface area is 166 Å². The fourth-order valence-corrected chi connectivity index (χ4v) is 3.84. The Bertz CT molecular complexity index is 716. The summed E-state index contributed by atoms with van der Waals surface area (Å²) in [5, 5.41) is 5.81. The van der Waals surface area contributed by atoms with E-state index >= 15 is 0 Å². The van der Waals surface area contributed by atoms with Crippen LogP contribution in [0.4, 0.5) is 4.79 Å². The van der Waals surface area contributed by atoms with E-state index in [1.165, 1.54) is 5.56 Å². The number of likely N-dealkylation sites (tertiary alicyclic amines) is 1. The van der Waals surface area contributed by atoms with Crippen molar-refractivity contribution >= 4 is 11.9 Å². The Kier molecular flexibility index (Phi) is 6.61. The van der Waals surface area contributed by atoms with Crippen molar-refractivity contribution in [3.8, 4) is 11.5 Å². The number of fused-ring (bicyclic) bond motifs is 1. The Morgan fingerprint density at radius 1 is 1.07 bits per heavy atom. The van der Waals surface area contributed by atoms with Crippen LogP contribution in [0, 0.1) is 0 Å². The highest BCUT2D eigenvalue weighted by atomic mass is 16.5. The van der Waals surface area contributed by atoms with Gasteiger partial charge in [0.25, 0.3) is 0 Å². The zero-order valence-electron chi connectivity index (χ0n) is 16.9. The van der Waals surface area contributed by atoms with Crippen molar-refractivity contribution < 1.29 is 19.1 Å². The summed E-state index contributed by atoms with van der Waals surface area (Å²) in [5.74, 6) is 1.44. The minimum Gasteiger partial charge on any atom is -0.493 e. The van der Waals surface area contributed by atoms with E-state index < -0.39 is 0 Å². The van der Waals surface area contributed by atoms with Crippen LogP contribution in [0.15, 0.2) is 12.1 Å². The van der Waals surface area contributed by atoms with Crippen molar-refractivity contribution in [1.29, 1.82) is 0 Å². The summed E-state index contributed by atoms with van der Waals surface area (Å²) in [5.41, 5.74) is 2.30. The normalized spacial score (nSPS) is 17.6. The molecule has 0 unspecified atom stereocenters. The predicted octanol–water partition coefficient (Wildman–Crippen LogP) is 0.982. The van der Waals surface area contributed by atoms with Gasteiger partial charge in [-0.25, -0.2) is 4.79 Å². The number of rotatable bonds is 5. The Morgan fingerprint density at radius 3 is 2.32 bits per heavy atom. The van der Waals surface area contributed by atoms with Crippen LogP contribution in [0.25, 0.3) is 0 Å². The largest absolute Gasteiger partial charge is 0.493 e. The Morgan fingerprint density at radius 2 is 1.71 bits per heavy atom.